The topological polar surface area (TPSA) is 60.8 Å². The Hall–Kier alpha value is -0.910. The van der Waals surface area contributed by atoms with Crippen LogP contribution in [0.25, 0.3) is 0 Å². The molecule has 1 rings (SSSR count). The zero-order valence-electron chi connectivity index (χ0n) is 9.51. The second-order valence-corrected chi connectivity index (χ2v) is 5.18. The molecule has 0 amide bonds. The lowest BCUT2D eigenvalue weighted by atomic mass is 10.2. The van der Waals surface area contributed by atoms with Crippen molar-refractivity contribution in [2.24, 2.45) is 0 Å². The van der Waals surface area contributed by atoms with Crippen LogP contribution in [0.1, 0.15) is 22.3 Å². The first kappa shape index (κ1) is 13.2. The van der Waals surface area contributed by atoms with Crippen LogP contribution in [-0.4, -0.2) is 41.7 Å². The Morgan fingerprint density at radius 2 is 2.19 bits per heavy atom. The van der Waals surface area contributed by atoms with Gasteiger partial charge in [-0.3, -0.25) is 4.79 Å². The van der Waals surface area contributed by atoms with Crippen LogP contribution in [0.15, 0.2) is 12.1 Å². The zero-order valence-corrected chi connectivity index (χ0v) is 10.3. The lowest BCUT2D eigenvalue weighted by Crippen LogP contribution is -2.15. The van der Waals surface area contributed by atoms with Crippen molar-refractivity contribution in [3.8, 4) is 0 Å². The second-order valence-electron chi connectivity index (χ2n) is 3.98. The third-order valence-corrected chi connectivity index (χ3v) is 3.37. The quantitative estimate of drug-likeness (QED) is 0.792. The van der Waals surface area contributed by atoms with Gasteiger partial charge in [-0.05, 0) is 32.6 Å². The van der Waals surface area contributed by atoms with Crippen LogP contribution in [0.2, 0.25) is 0 Å². The number of carbonyl (C=O) groups is 1. The van der Waals surface area contributed by atoms with Gasteiger partial charge in [0.2, 0.25) is 0 Å². The van der Waals surface area contributed by atoms with Crippen molar-refractivity contribution < 1.29 is 15.0 Å². The van der Waals surface area contributed by atoms with Gasteiger partial charge in [-0.1, -0.05) is 0 Å². The van der Waals surface area contributed by atoms with Crippen LogP contribution < -0.4 is 0 Å². The number of nitrogens with zero attached hydrogens (tertiary/aromatic N) is 1. The normalized spacial score (nSPS) is 13.0. The smallest absolute Gasteiger partial charge is 0.308 e. The number of aliphatic hydroxyl groups excluding tert-OH is 1. The second kappa shape index (κ2) is 5.98. The standard InChI is InChI=1S/C11H17NO3S/c1-12(2)6-5-9(13)10-4-3-8(16-10)7-11(14)15/h3-4,9,13H,5-7H2,1-2H3,(H,14,15). The number of thiophene rings is 1. The highest BCUT2D eigenvalue weighted by Gasteiger charge is 2.12. The first-order valence-electron chi connectivity index (χ1n) is 5.12. The molecule has 0 aliphatic carbocycles. The van der Waals surface area contributed by atoms with Crippen molar-refractivity contribution in [1.29, 1.82) is 0 Å². The molecule has 1 aromatic rings. The highest BCUT2D eigenvalue weighted by atomic mass is 32.1. The number of rotatable bonds is 6. The van der Waals surface area contributed by atoms with Gasteiger partial charge in [0.05, 0.1) is 12.5 Å². The SMILES string of the molecule is CN(C)CCC(O)c1ccc(CC(=O)O)s1. The van der Waals surface area contributed by atoms with E-state index in [0.29, 0.717) is 6.42 Å². The molecule has 90 valence electrons. The largest absolute Gasteiger partial charge is 0.481 e. The minimum atomic E-state index is -0.837. The van der Waals surface area contributed by atoms with Crippen molar-refractivity contribution >= 4 is 17.3 Å². The van der Waals surface area contributed by atoms with Crippen LogP contribution in [-0.2, 0) is 11.2 Å². The van der Waals surface area contributed by atoms with E-state index in [1.54, 1.807) is 6.07 Å². The Morgan fingerprint density at radius 1 is 1.50 bits per heavy atom. The molecular formula is C11H17NO3S. The molecule has 0 saturated heterocycles. The molecule has 16 heavy (non-hydrogen) atoms. The van der Waals surface area contributed by atoms with Gasteiger partial charge >= 0.3 is 5.97 Å². The van der Waals surface area contributed by atoms with Crippen LogP contribution in [0.3, 0.4) is 0 Å². The summed E-state index contributed by atoms with van der Waals surface area (Å²) >= 11 is 1.37. The van der Waals surface area contributed by atoms with E-state index in [0.717, 1.165) is 16.3 Å². The van der Waals surface area contributed by atoms with E-state index in [9.17, 15) is 9.90 Å². The number of carboxylic acids is 1. The van der Waals surface area contributed by atoms with Gasteiger partial charge in [0, 0.05) is 16.3 Å². The van der Waals surface area contributed by atoms with Crippen molar-refractivity contribution in [3.05, 3.63) is 21.9 Å². The Kier molecular flexibility index (Phi) is 4.92. The molecule has 1 heterocycles. The van der Waals surface area contributed by atoms with Gasteiger partial charge in [0.15, 0.2) is 0 Å². The molecule has 0 aliphatic heterocycles. The Bertz CT molecular complexity index is 349. The molecule has 0 radical (unpaired) electrons. The van der Waals surface area contributed by atoms with Gasteiger partial charge in [0.1, 0.15) is 0 Å². The number of aliphatic hydroxyl groups is 1. The van der Waals surface area contributed by atoms with Crippen LogP contribution >= 0.6 is 11.3 Å². The summed E-state index contributed by atoms with van der Waals surface area (Å²) in [5, 5.41) is 18.5. The number of hydrogen-bond donors (Lipinski definition) is 2. The third kappa shape index (κ3) is 4.30. The molecule has 1 aromatic heterocycles. The molecule has 0 bridgehead atoms. The van der Waals surface area contributed by atoms with E-state index >= 15 is 0 Å². The maximum absolute atomic E-state index is 10.5. The zero-order chi connectivity index (χ0) is 12.1. The minimum absolute atomic E-state index is 0.0328. The van der Waals surface area contributed by atoms with Gasteiger partial charge < -0.3 is 15.1 Å². The van der Waals surface area contributed by atoms with Gasteiger partial charge in [0.25, 0.3) is 0 Å². The average Bonchev–Trinajstić information content (AvgIpc) is 2.61. The molecule has 0 fully saturated rings. The lowest BCUT2D eigenvalue weighted by Gasteiger charge is -2.12. The summed E-state index contributed by atoms with van der Waals surface area (Å²) in [5.41, 5.74) is 0. The van der Waals surface area contributed by atoms with Crippen LogP contribution in [0.4, 0.5) is 0 Å². The highest BCUT2D eigenvalue weighted by Crippen LogP contribution is 2.25. The maximum atomic E-state index is 10.5. The summed E-state index contributed by atoms with van der Waals surface area (Å²) in [6.07, 6.45) is 0.209. The molecule has 4 nitrogen and oxygen atoms in total. The summed E-state index contributed by atoms with van der Waals surface area (Å²) in [5.74, 6) is -0.837. The third-order valence-electron chi connectivity index (χ3n) is 2.19. The first-order valence-corrected chi connectivity index (χ1v) is 5.94. The summed E-state index contributed by atoms with van der Waals surface area (Å²) in [6, 6.07) is 3.58. The number of hydrogen-bond acceptors (Lipinski definition) is 4. The van der Waals surface area contributed by atoms with Crippen molar-refractivity contribution in [3.63, 3.8) is 0 Å². The molecule has 1 atom stereocenters. The Labute approximate surface area is 99.1 Å². The predicted molar refractivity (Wildman–Crippen MR) is 63.8 cm³/mol. The van der Waals surface area contributed by atoms with E-state index < -0.39 is 12.1 Å². The molecule has 0 aromatic carbocycles. The molecule has 2 N–H and O–H groups in total. The monoisotopic (exact) mass is 243 g/mol. The fraction of sp³-hybridized carbons (Fsp3) is 0.545. The summed E-state index contributed by atoms with van der Waals surface area (Å²) in [4.78, 5) is 14.1. The fourth-order valence-corrected chi connectivity index (χ4v) is 2.36. The molecule has 0 spiro atoms. The molecular weight excluding hydrogens is 226 g/mol. The fourth-order valence-electron chi connectivity index (χ4n) is 1.34. The van der Waals surface area contributed by atoms with Crippen molar-refractivity contribution in [1.82, 2.24) is 4.90 Å². The molecule has 5 heteroatoms. The van der Waals surface area contributed by atoms with Crippen molar-refractivity contribution in [2.45, 2.75) is 18.9 Å². The van der Waals surface area contributed by atoms with Gasteiger partial charge in [-0.2, -0.15) is 0 Å². The van der Waals surface area contributed by atoms with Crippen molar-refractivity contribution in [2.75, 3.05) is 20.6 Å². The number of carboxylic acid groups (broad SMARTS) is 1. The first-order chi connectivity index (χ1) is 7.49. The van der Waals surface area contributed by atoms with Gasteiger partial charge in [-0.15, -0.1) is 11.3 Å². The molecule has 1 unspecified atom stereocenters. The maximum Gasteiger partial charge on any atom is 0.308 e. The highest BCUT2D eigenvalue weighted by molar-refractivity contribution is 7.12. The lowest BCUT2D eigenvalue weighted by molar-refractivity contribution is -0.136. The molecule has 0 aliphatic rings. The Balaban J connectivity index is 2.52. The Morgan fingerprint density at radius 3 is 2.75 bits per heavy atom. The summed E-state index contributed by atoms with van der Waals surface area (Å²) < 4.78 is 0. The van der Waals surface area contributed by atoms with Crippen LogP contribution in [0, 0.1) is 0 Å². The van der Waals surface area contributed by atoms with Gasteiger partial charge in [-0.25, -0.2) is 0 Å². The van der Waals surface area contributed by atoms with E-state index in [1.807, 2.05) is 25.1 Å². The molecule has 0 saturated carbocycles. The summed E-state index contributed by atoms with van der Waals surface area (Å²) in [7, 11) is 3.91. The van der Waals surface area contributed by atoms with Crippen LogP contribution in [0.5, 0.6) is 0 Å². The minimum Gasteiger partial charge on any atom is -0.481 e. The number of aliphatic carboxylic acids is 1. The summed E-state index contributed by atoms with van der Waals surface area (Å²) in [6.45, 7) is 0.813. The average molecular weight is 243 g/mol. The van der Waals surface area contributed by atoms with E-state index in [-0.39, 0.29) is 6.42 Å². The predicted octanol–water partition coefficient (Wildman–Crippen LogP) is 1.36. The van der Waals surface area contributed by atoms with E-state index in [2.05, 4.69) is 0 Å². The van der Waals surface area contributed by atoms with E-state index in [4.69, 9.17) is 5.11 Å². The van der Waals surface area contributed by atoms with E-state index in [1.165, 1.54) is 11.3 Å².